The van der Waals surface area contributed by atoms with Crippen LogP contribution in [-0.4, -0.2) is 11.6 Å². The van der Waals surface area contributed by atoms with Gasteiger partial charge in [0.1, 0.15) is 0 Å². The molecule has 0 unspecified atom stereocenters. The second-order valence-corrected chi connectivity index (χ2v) is 3.11. The van der Waals surface area contributed by atoms with E-state index in [1.807, 2.05) is 13.0 Å². The molecule has 2 nitrogen and oxygen atoms in total. The minimum atomic E-state index is -0.0883. The van der Waals surface area contributed by atoms with Gasteiger partial charge in [-0.3, -0.25) is 9.59 Å². The van der Waals surface area contributed by atoms with Crippen LogP contribution < -0.4 is 0 Å². The Morgan fingerprint density at radius 1 is 0.923 bits per heavy atom. The van der Waals surface area contributed by atoms with E-state index < -0.39 is 0 Å². The summed E-state index contributed by atoms with van der Waals surface area (Å²) in [6.45, 7) is 1.90. The summed E-state index contributed by atoms with van der Waals surface area (Å²) >= 11 is 0. The predicted molar refractivity (Wildman–Crippen MR) is 49.0 cm³/mol. The van der Waals surface area contributed by atoms with Crippen molar-refractivity contribution >= 4 is 11.6 Å². The molecule has 2 heteroatoms. The molecule has 1 aromatic carbocycles. The first-order valence-corrected chi connectivity index (χ1v) is 4.06. The Labute approximate surface area is 75.9 Å². The Morgan fingerprint density at radius 2 is 1.54 bits per heavy atom. The van der Waals surface area contributed by atoms with Gasteiger partial charge in [0.15, 0.2) is 11.6 Å². The van der Waals surface area contributed by atoms with Gasteiger partial charge in [0.25, 0.3) is 0 Å². The molecule has 0 atom stereocenters. The van der Waals surface area contributed by atoms with Crippen LogP contribution in [0.5, 0.6) is 0 Å². The zero-order valence-corrected chi connectivity index (χ0v) is 7.20. The molecule has 0 radical (unpaired) electrons. The van der Waals surface area contributed by atoms with Crippen molar-refractivity contribution in [2.75, 3.05) is 0 Å². The molecule has 0 N–H and O–H groups in total. The molecule has 1 aliphatic carbocycles. The van der Waals surface area contributed by atoms with E-state index in [9.17, 15) is 9.59 Å². The van der Waals surface area contributed by atoms with E-state index in [1.54, 1.807) is 12.1 Å². The molecule has 1 aromatic rings. The van der Waals surface area contributed by atoms with Crippen LogP contribution in [0.4, 0.5) is 0 Å². The van der Waals surface area contributed by atoms with Crippen LogP contribution in [-0.2, 0) is 0 Å². The van der Waals surface area contributed by atoms with Gasteiger partial charge in [-0.2, -0.15) is 0 Å². The highest BCUT2D eigenvalue weighted by Gasteiger charge is 2.17. The highest BCUT2D eigenvalue weighted by molar-refractivity contribution is 6.22. The Kier molecular flexibility index (Phi) is 1.62. The summed E-state index contributed by atoms with van der Waals surface area (Å²) in [5.74, 6) is -0.173. The van der Waals surface area contributed by atoms with Crippen molar-refractivity contribution in [1.82, 2.24) is 0 Å². The number of aryl methyl sites for hydroxylation is 1. The summed E-state index contributed by atoms with van der Waals surface area (Å²) in [6, 6.07) is 5.29. The lowest BCUT2D eigenvalue weighted by atomic mass is 9.93. The fourth-order valence-electron chi connectivity index (χ4n) is 1.41. The molecule has 0 saturated heterocycles. The molecule has 64 valence electrons. The van der Waals surface area contributed by atoms with Gasteiger partial charge in [0.2, 0.25) is 0 Å². The maximum absolute atomic E-state index is 11.3. The first-order chi connectivity index (χ1) is 6.18. The number of allylic oxidation sites excluding steroid dienone is 2. The molecule has 0 heterocycles. The lowest BCUT2D eigenvalue weighted by Crippen LogP contribution is -2.11. The normalized spacial score (nSPS) is 14.5. The third kappa shape index (κ3) is 1.20. The number of hydrogen-bond acceptors (Lipinski definition) is 2. The van der Waals surface area contributed by atoms with Gasteiger partial charge >= 0.3 is 0 Å². The van der Waals surface area contributed by atoms with Gasteiger partial charge in [-0.15, -0.1) is 0 Å². The van der Waals surface area contributed by atoms with Gasteiger partial charge in [-0.25, -0.2) is 0 Å². The molecular weight excluding hydrogens is 164 g/mol. The molecule has 13 heavy (non-hydrogen) atoms. The number of fused-ring (bicyclic) bond motifs is 1. The van der Waals surface area contributed by atoms with Crippen LogP contribution in [0.25, 0.3) is 0 Å². The average molecular weight is 172 g/mol. The highest BCUT2D eigenvalue weighted by Crippen LogP contribution is 2.17. The van der Waals surface area contributed by atoms with Crippen LogP contribution in [0.3, 0.4) is 0 Å². The second-order valence-electron chi connectivity index (χ2n) is 3.11. The lowest BCUT2D eigenvalue weighted by molar-refractivity contribution is 0.0994. The fourth-order valence-corrected chi connectivity index (χ4v) is 1.41. The van der Waals surface area contributed by atoms with Crippen LogP contribution in [0.15, 0.2) is 30.4 Å². The third-order valence-corrected chi connectivity index (χ3v) is 2.09. The predicted octanol–water partition coefficient (Wildman–Crippen LogP) is 1.93. The minimum absolute atomic E-state index is 0.0849. The van der Waals surface area contributed by atoms with Crippen molar-refractivity contribution < 1.29 is 9.59 Å². The summed E-state index contributed by atoms with van der Waals surface area (Å²) in [7, 11) is 0. The van der Waals surface area contributed by atoms with Crippen LogP contribution in [0.1, 0.15) is 26.3 Å². The molecule has 1 aliphatic rings. The lowest BCUT2D eigenvalue weighted by Gasteiger charge is -2.08. The fraction of sp³-hybridized carbons (Fsp3) is 0.0909. The second kappa shape index (κ2) is 2.66. The quantitative estimate of drug-likeness (QED) is 0.599. The first kappa shape index (κ1) is 7.92. The number of carbonyl (C=O) groups excluding carboxylic acids is 2. The molecular formula is C11H8O2. The van der Waals surface area contributed by atoms with Crippen molar-refractivity contribution in [2.45, 2.75) is 6.92 Å². The monoisotopic (exact) mass is 172 g/mol. The number of ketones is 2. The number of carbonyl (C=O) groups is 2. The van der Waals surface area contributed by atoms with E-state index in [0.717, 1.165) is 5.56 Å². The van der Waals surface area contributed by atoms with E-state index in [1.165, 1.54) is 12.2 Å². The molecule has 0 fully saturated rings. The minimum Gasteiger partial charge on any atom is -0.289 e. The van der Waals surface area contributed by atoms with Gasteiger partial charge in [-0.1, -0.05) is 17.7 Å². The van der Waals surface area contributed by atoms with Crippen molar-refractivity contribution in [3.05, 3.63) is 47.0 Å². The van der Waals surface area contributed by atoms with Gasteiger partial charge in [0.05, 0.1) is 0 Å². The average Bonchev–Trinajstić information content (AvgIpc) is 2.12. The summed E-state index contributed by atoms with van der Waals surface area (Å²) in [6.07, 6.45) is 2.64. The first-order valence-electron chi connectivity index (χ1n) is 4.06. The maximum atomic E-state index is 11.3. The maximum Gasteiger partial charge on any atom is 0.186 e. The van der Waals surface area contributed by atoms with Crippen molar-refractivity contribution in [1.29, 1.82) is 0 Å². The number of benzene rings is 1. The largest absolute Gasteiger partial charge is 0.289 e. The zero-order valence-electron chi connectivity index (χ0n) is 7.20. The molecule has 0 bridgehead atoms. The van der Waals surface area contributed by atoms with Crippen LogP contribution in [0.2, 0.25) is 0 Å². The Balaban J connectivity index is 2.69. The van der Waals surface area contributed by atoms with Gasteiger partial charge in [0, 0.05) is 11.1 Å². The van der Waals surface area contributed by atoms with Gasteiger partial charge < -0.3 is 0 Å². The summed E-state index contributed by atoms with van der Waals surface area (Å²) in [5, 5.41) is 0. The summed E-state index contributed by atoms with van der Waals surface area (Å²) < 4.78 is 0. The Bertz CT molecular complexity index is 428. The third-order valence-electron chi connectivity index (χ3n) is 2.09. The molecule has 0 spiro atoms. The Hall–Kier alpha value is -1.70. The highest BCUT2D eigenvalue weighted by atomic mass is 16.1. The van der Waals surface area contributed by atoms with Crippen LogP contribution in [0, 0.1) is 6.92 Å². The van der Waals surface area contributed by atoms with Crippen molar-refractivity contribution in [2.24, 2.45) is 0 Å². The van der Waals surface area contributed by atoms with Gasteiger partial charge in [-0.05, 0) is 25.1 Å². The molecule has 0 amide bonds. The molecule has 0 aromatic heterocycles. The smallest absolute Gasteiger partial charge is 0.186 e. The molecule has 2 rings (SSSR count). The van der Waals surface area contributed by atoms with E-state index in [2.05, 4.69) is 0 Å². The number of rotatable bonds is 0. The van der Waals surface area contributed by atoms with Crippen LogP contribution >= 0.6 is 0 Å². The summed E-state index contributed by atoms with van der Waals surface area (Å²) in [4.78, 5) is 22.6. The van der Waals surface area contributed by atoms with Crippen molar-refractivity contribution in [3.63, 3.8) is 0 Å². The SMILES string of the molecule is Cc1ccc2c(c1)C(=O)C=CC2=O. The molecule has 0 saturated carbocycles. The van der Waals surface area contributed by atoms with E-state index in [-0.39, 0.29) is 11.6 Å². The zero-order chi connectivity index (χ0) is 9.42. The number of hydrogen-bond donors (Lipinski definition) is 0. The Morgan fingerprint density at radius 3 is 2.23 bits per heavy atom. The summed E-state index contributed by atoms with van der Waals surface area (Å²) in [5.41, 5.74) is 2.03. The van der Waals surface area contributed by atoms with E-state index in [0.29, 0.717) is 11.1 Å². The van der Waals surface area contributed by atoms with E-state index in [4.69, 9.17) is 0 Å². The topological polar surface area (TPSA) is 34.1 Å². The van der Waals surface area contributed by atoms with Crippen molar-refractivity contribution in [3.8, 4) is 0 Å². The standard InChI is InChI=1S/C11H8O2/c1-7-2-3-8-9(6-7)11(13)5-4-10(8)12/h2-6H,1H3. The van der Waals surface area contributed by atoms with E-state index >= 15 is 0 Å². The molecule has 0 aliphatic heterocycles.